The van der Waals surface area contributed by atoms with Gasteiger partial charge in [-0.3, -0.25) is 14.1 Å². The van der Waals surface area contributed by atoms with Gasteiger partial charge in [-0.2, -0.15) is 13.2 Å². The van der Waals surface area contributed by atoms with Crippen molar-refractivity contribution in [3.8, 4) is 0 Å². The zero-order valence-corrected chi connectivity index (χ0v) is 18.7. The predicted octanol–water partition coefficient (Wildman–Crippen LogP) is 5.48. The minimum atomic E-state index is -4.19. The van der Waals surface area contributed by atoms with Crippen molar-refractivity contribution in [3.63, 3.8) is 0 Å². The van der Waals surface area contributed by atoms with Crippen molar-refractivity contribution >= 4 is 44.5 Å². The fraction of sp³-hybridized carbons (Fsp3) is 0.364. The molecule has 0 atom stereocenters. The summed E-state index contributed by atoms with van der Waals surface area (Å²) in [5.41, 5.74) is 3.37. The first-order chi connectivity index (χ1) is 14.8. The topological polar surface area (TPSA) is 44.8 Å². The number of benzene rings is 1. The lowest BCUT2D eigenvalue weighted by molar-refractivity contribution is -0.135. The van der Waals surface area contributed by atoms with Crippen molar-refractivity contribution in [2.75, 3.05) is 0 Å². The molecule has 0 amide bonds. The van der Waals surface area contributed by atoms with Gasteiger partial charge < -0.3 is 4.57 Å². The molecule has 1 fully saturated rings. The van der Waals surface area contributed by atoms with Gasteiger partial charge in [-0.1, -0.05) is 12.1 Å². The van der Waals surface area contributed by atoms with Crippen LogP contribution in [0.25, 0.3) is 21.9 Å². The van der Waals surface area contributed by atoms with Gasteiger partial charge in [0.15, 0.2) is 0 Å². The summed E-state index contributed by atoms with van der Waals surface area (Å²) in [6.07, 6.45) is 0.326. The minimum Gasteiger partial charge on any atom is -0.342 e. The van der Waals surface area contributed by atoms with Crippen LogP contribution in [0.5, 0.6) is 0 Å². The Morgan fingerprint density at radius 3 is 2.52 bits per heavy atom. The summed E-state index contributed by atoms with van der Waals surface area (Å²) >= 11 is 2.22. The predicted molar refractivity (Wildman–Crippen MR) is 121 cm³/mol. The fourth-order valence-electron chi connectivity index (χ4n) is 4.28. The molecular weight excluding hydrogens is 520 g/mol. The number of imidazole rings is 1. The van der Waals surface area contributed by atoms with Gasteiger partial charge in [-0.15, -0.1) is 0 Å². The highest BCUT2D eigenvalue weighted by molar-refractivity contribution is 14.1. The second-order valence-corrected chi connectivity index (χ2v) is 9.06. The Labute approximate surface area is 189 Å². The van der Waals surface area contributed by atoms with Crippen LogP contribution in [0.15, 0.2) is 47.5 Å². The molecule has 162 valence electrons. The molecule has 0 spiro atoms. The maximum absolute atomic E-state index is 13.3. The van der Waals surface area contributed by atoms with Crippen LogP contribution in [-0.4, -0.2) is 24.9 Å². The number of aromatic nitrogens is 4. The molecule has 5 rings (SSSR count). The lowest BCUT2D eigenvalue weighted by Crippen LogP contribution is -2.25. The van der Waals surface area contributed by atoms with E-state index in [-0.39, 0.29) is 24.7 Å². The average Bonchev–Trinajstić information content (AvgIpc) is 3.48. The highest BCUT2D eigenvalue weighted by Gasteiger charge is 2.30. The molecule has 4 aromatic rings. The van der Waals surface area contributed by atoms with E-state index in [1.807, 2.05) is 39.5 Å². The van der Waals surface area contributed by atoms with E-state index in [4.69, 9.17) is 0 Å². The number of rotatable bonds is 6. The average molecular weight is 540 g/mol. The van der Waals surface area contributed by atoms with Crippen molar-refractivity contribution in [1.82, 2.24) is 18.7 Å². The van der Waals surface area contributed by atoms with Crippen LogP contribution >= 0.6 is 22.6 Å². The SMILES string of the molecule is O=c1n(Cc2c(I)c3cnccc3n2CCCC(F)(F)F)c2ccccc2n1C1CC1. The van der Waals surface area contributed by atoms with E-state index in [2.05, 4.69) is 27.6 Å². The van der Waals surface area contributed by atoms with Gasteiger partial charge >= 0.3 is 11.9 Å². The second kappa shape index (κ2) is 7.68. The van der Waals surface area contributed by atoms with Gasteiger partial charge in [-0.25, -0.2) is 4.79 Å². The second-order valence-electron chi connectivity index (χ2n) is 7.98. The van der Waals surface area contributed by atoms with Crippen molar-refractivity contribution in [2.45, 2.75) is 51.0 Å². The van der Waals surface area contributed by atoms with Crippen LogP contribution in [0.2, 0.25) is 0 Å². The number of halogens is 4. The number of aryl methyl sites for hydroxylation is 1. The minimum absolute atomic E-state index is 0.0165. The van der Waals surface area contributed by atoms with Gasteiger partial charge in [0, 0.05) is 40.4 Å². The number of hydrogen-bond donors (Lipinski definition) is 0. The molecule has 0 aliphatic heterocycles. The van der Waals surface area contributed by atoms with E-state index in [0.717, 1.165) is 44.0 Å². The quantitative estimate of drug-likeness (QED) is 0.304. The van der Waals surface area contributed by atoms with Crippen LogP contribution < -0.4 is 5.69 Å². The third-order valence-electron chi connectivity index (χ3n) is 5.84. The third-order valence-corrected chi connectivity index (χ3v) is 7.04. The summed E-state index contributed by atoms with van der Waals surface area (Å²) in [5.74, 6) is 0. The zero-order chi connectivity index (χ0) is 21.8. The lowest BCUT2D eigenvalue weighted by Gasteiger charge is -2.13. The first-order valence-corrected chi connectivity index (χ1v) is 11.3. The number of alkyl halides is 3. The largest absolute Gasteiger partial charge is 0.389 e. The molecule has 9 heteroatoms. The molecule has 0 N–H and O–H groups in total. The van der Waals surface area contributed by atoms with E-state index in [1.54, 1.807) is 17.0 Å². The summed E-state index contributed by atoms with van der Waals surface area (Å²) in [6.45, 7) is 0.534. The molecule has 0 saturated heterocycles. The number of hydrogen-bond acceptors (Lipinski definition) is 2. The van der Waals surface area contributed by atoms with Crippen LogP contribution in [0.4, 0.5) is 13.2 Å². The molecule has 31 heavy (non-hydrogen) atoms. The standard InChI is InChI=1S/C22H20F3IN4O/c23-22(24,25)9-3-11-28-16-8-10-27-12-15(16)20(26)19(28)13-29-17-4-1-2-5-18(17)30(21(29)31)14-6-7-14/h1-2,4-5,8,10,12,14H,3,6-7,9,11,13H2. The fourth-order valence-corrected chi connectivity index (χ4v) is 5.16. The van der Waals surface area contributed by atoms with Crippen LogP contribution in [-0.2, 0) is 13.1 Å². The van der Waals surface area contributed by atoms with Crippen molar-refractivity contribution in [1.29, 1.82) is 0 Å². The van der Waals surface area contributed by atoms with E-state index in [1.165, 1.54) is 0 Å². The van der Waals surface area contributed by atoms with Crippen LogP contribution in [0.1, 0.15) is 37.4 Å². The summed E-state index contributed by atoms with van der Waals surface area (Å²) in [5, 5.41) is 0.893. The Morgan fingerprint density at radius 1 is 1.06 bits per heavy atom. The summed E-state index contributed by atoms with van der Waals surface area (Å²) < 4.78 is 44.7. The summed E-state index contributed by atoms with van der Waals surface area (Å²) in [7, 11) is 0. The zero-order valence-electron chi connectivity index (χ0n) is 16.6. The smallest absolute Gasteiger partial charge is 0.342 e. The van der Waals surface area contributed by atoms with Gasteiger partial charge in [0.1, 0.15) is 0 Å². The first kappa shape index (κ1) is 20.6. The van der Waals surface area contributed by atoms with E-state index >= 15 is 0 Å². The number of pyridine rings is 1. The van der Waals surface area contributed by atoms with E-state index in [0.29, 0.717) is 6.54 Å². The highest BCUT2D eigenvalue weighted by Crippen LogP contribution is 2.36. The van der Waals surface area contributed by atoms with Crippen molar-refractivity contribution in [3.05, 3.63) is 62.5 Å². The van der Waals surface area contributed by atoms with Gasteiger partial charge in [0.2, 0.25) is 0 Å². The molecule has 5 nitrogen and oxygen atoms in total. The Balaban J connectivity index is 1.61. The maximum atomic E-state index is 13.3. The Hall–Kier alpha value is -2.30. The van der Waals surface area contributed by atoms with Crippen molar-refractivity contribution < 1.29 is 13.2 Å². The maximum Gasteiger partial charge on any atom is 0.389 e. The molecule has 0 bridgehead atoms. The Kier molecular flexibility index (Phi) is 5.10. The normalized spacial score (nSPS) is 14.7. The first-order valence-electron chi connectivity index (χ1n) is 10.2. The van der Waals surface area contributed by atoms with Crippen LogP contribution in [0.3, 0.4) is 0 Å². The number of para-hydroxylation sites is 2. The monoisotopic (exact) mass is 540 g/mol. The molecule has 3 heterocycles. The Morgan fingerprint density at radius 2 is 1.81 bits per heavy atom. The molecule has 3 aromatic heterocycles. The van der Waals surface area contributed by atoms with Gasteiger partial charge in [0.25, 0.3) is 0 Å². The molecule has 1 saturated carbocycles. The van der Waals surface area contributed by atoms with Crippen molar-refractivity contribution in [2.24, 2.45) is 0 Å². The molecule has 0 radical (unpaired) electrons. The summed E-state index contributed by atoms with van der Waals surface area (Å²) in [4.78, 5) is 17.5. The molecule has 1 aliphatic rings. The molecular formula is C22H20F3IN4O. The highest BCUT2D eigenvalue weighted by atomic mass is 127. The van der Waals surface area contributed by atoms with Crippen LogP contribution in [0, 0.1) is 3.57 Å². The third kappa shape index (κ3) is 3.77. The molecule has 1 aromatic carbocycles. The Bertz CT molecular complexity index is 1330. The molecule has 1 aliphatic carbocycles. The van der Waals surface area contributed by atoms with Gasteiger partial charge in [-0.05, 0) is 60.1 Å². The summed E-state index contributed by atoms with van der Waals surface area (Å²) in [6, 6.07) is 9.78. The number of nitrogens with zero attached hydrogens (tertiary/aromatic N) is 4. The lowest BCUT2D eigenvalue weighted by atomic mass is 10.3. The van der Waals surface area contributed by atoms with E-state index in [9.17, 15) is 18.0 Å². The van der Waals surface area contributed by atoms with E-state index < -0.39 is 12.6 Å². The van der Waals surface area contributed by atoms with Gasteiger partial charge in [0.05, 0.1) is 28.8 Å². The number of fused-ring (bicyclic) bond motifs is 2. The molecule has 0 unspecified atom stereocenters.